The van der Waals surface area contributed by atoms with Gasteiger partial charge in [0.15, 0.2) is 0 Å². The molecule has 0 spiro atoms. The molecule has 4 aromatic carbocycles. The van der Waals surface area contributed by atoms with Gasteiger partial charge in [-0.3, -0.25) is 0 Å². The quantitative estimate of drug-likeness (QED) is 0.350. The normalized spacial score (nSPS) is 18.1. The lowest BCUT2D eigenvalue weighted by Gasteiger charge is -2.24. The zero-order valence-corrected chi connectivity index (χ0v) is 20.7. The predicted molar refractivity (Wildman–Crippen MR) is 148 cm³/mol. The van der Waals surface area contributed by atoms with Crippen molar-refractivity contribution in [3.05, 3.63) is 121 Å². The van der Waals surface area contributed by atoms with Crippen LogP contribution in [-0.4, -0.2) is 24.9 Å². The first-order valence-corrected chi connectivity index (χ1v) is 14.9. The van der Waals surface area contributed by atoms with Gasteiger partial charge in [-0.1, -0.05) is 121 Å². The van der Waals surface area contributed by atoms with Crippen LogP contribution in [0, 0.1) is 5.92 Å². The van der Waals surface area contributed by atoms with Gasteiger partial charge in [0.2, 0.25) is 0 Å². The third-order valence-corrected chi connectivity index (χ3v) is 11.8. The second-order valence-electron chi connectivity index (χ2n) is 8.77. The van der Waals surface area contributed by atoms with Crippen molar-refractivity contribution in [1.29, 1.82) is 0 Å². The highest BCUT2D eigenvalue weighted by atomic mass is 31.1. The van der Waals surface area contributed by atoms with Crippen LogP contribution in [0.15, 0.2) is 121 Å². The summed E-state index contributed by atoms with van der Waals surface area (Å²) in [6, 6.07) is 45.2. The molecule has 1 aliphatic heterocycles. The number of hydrogen-bond donors (Lipinski definition) is 1. The molecule has 1 fully saturated rings. The van der Waals surface area contributed by atoms with Gasteiger partial charge < -0.3 is 5.32 Å². The van der Waals surface area contributed by atoms with Crippen LogP contribution in [0.1, 0.15) is 6.42 Å². The third-order valence-electron chi connectivity index (χ3n) is 6.43. The Morgan fingerprint density at radius 2 is 0.879 bits per heavy atom. The minimum Gasteiger partial charge on any atom is -0.313 e. The van der Waals surface area contributed by atoms with Crippen molar-refractivity contribution in [3.8, 4) is 0 Å². The van der Waals surface area contributed by atoms with Gasteiger partial charge in [0.25, 0.3) is 0 Å². The molecule has 166 valence electrons. The van der Waals surface area contributed by atoms with Gasteiger partial charge in [-0.25, -0.2) is 0 Å². The molecule has 5 rings (SSSR count). The van der Waals surface area contributed by atoms with E-state index in [-0.39, 0.29) is 15.8 Å². The summed E-state index contributed by atoms with van der Waals surface area (Å²) in [5, 5.41) is 9.88. The smallest absolute Gasteiger partial charge is 0.0116 e. The average molecular weight is 468 g/mol. The number of rotatable bonds is 8. The predicted octanol–water partition coefficient (Wildman–Crippen LogP) is 5.23. The SMILES string of the molecule is c1ccc(P(CC2CNC(CP(c3ccccc3)c3ccccc3)C2)c2ccccc2)cc1. The van der Waals surface area contributed by atoms with E-state index in [2.05, 4.69) is 127 Å². The molecule has 1 saturated heterocycles. The maximum atomic E-state index is 3.91. The summed E-state index contributed by atoms with van der Waals surface area (Å²) in [5.74, 6) is 0.727. The lowest BCUT2D eigenvalue weighted by Crippen LogP contribution is -2.28. The Morgan fingerprint density at radius 1 is 0.515 bits per heavy atom. The van der Waals surface area contributed by atoms with Gasteiger partial charge in [-0.15, -0.1) is 0 Å². The molecule has 4 aromatic rings. The molecule has 1 heterocycles. The highest BCUT2D eigenvalue weighted by molar-refractivity contribution is 7.73. The monoisotopic (exact) mass is 467 g/mol. The Kier molecular flexibility index (Phi) is 7.64. The van der Waals surface area contributed by atoms with Gasteiger partial charge in [0.1, 0.15) is 0 Å². The van der Waals surface area contributed by atoms with E-state index in [4.69, 9.17) is 0 Å². The van der Waals surface area contributed by atoms with E-state index in [1.165, 1.54) is 40.0 Å². The first-order valence-electron chi connectivity index (χ1n) is 11.9. The molecule has 2 unspecified atom stereocenters. The molecule has 0 radical (unpaired) electrons. The van der Waals surface area contributed by atoms with Crippen LogP contribution in [-0.2, 0) is 0 Å². The standard InChI is InChI=1S/C30H31NP2/c1-5-13-27(14-6-1)32(28-15-7-2-8-16-28)23-25-21-26(31-22-25)24-33(29-17-9-3-10-18-29)30-19-11-4-12-20-30/h1-20,25-26,31H,21-24H2. The van der Waals surface area contributed by atoms with Gasteiger partial charge in [-0.2, -0.15) is 0 Å². The molecular formula is C30H31NP2. The summed E-state index contributed by atoms with van der Waals surface area (Å²) >= 11 is 0. The van der Waals surface area contributed by atoms with Crippen LogP contribution in [0.5, 0.6) is 0 Å². The van der Waals surface area contributed by atoms with E-state index in [9.17, 15) is 0 Å². The molecule has 0 bridgehead atoms. The van der Waals surface area contributed by atoms with E-state index in [0.717, 1.165) is 12.5 Å². The Balaban J connectivity index is 1.31. The summed E-state index contributed by atoms with van der Waals surface area (Å²) in [5.41, 5.74) is 0. The van der Waals surface area contributed by atoms with Crippen molar-refractivity contribution in [1.82, 2.24) is 5.32 Å². The fraction of sp³-hybridized carbons (Fsp3) is 0.200. The minimum atomic E-state index is -0.346. The Bertz CT molecular complexity index is 933. The van der Waals surface area contributed by atoms with Crippen molar-refractivity contribution < 1.29 is 0 Å². The molecule has 1 N–H and O–H groups in total. The fourth-order valence-corrected chi connectivity index (χ4v) is 9.89. The molecular weight excluding hydrogens is 436 g/mol. The number of benzene rings is 4. The second-order valence-corrected chi connectivity index (χ2v) is 13.3. The molecule has 0 aliphatic carbocycles. The fourth-order valence-electron chi connectivity index (χ4n) is 4.81. The highest BCUT2D eigenvalue weighted by Gasteiger charge is 2.30. The first-order chi connectivity index (χ1) is 16.4. The van der Waals surface area contributed by atoms with Crippen molar-refractivity contribution in [2.75, 3.05) is 18.9 Å². The first kappa shape index (κ1) is 22.5. The van der Waals surface area contributed by atoms with Crippen LogP contribution in [0.2, 0.25) is 0 Å². The molecule has 0 aromatic heterocycles. The van der Waals surface area contributed by atoms with Crippen LogP contribution in [0.4, 0.5) is 0 Å². The van der Waals surface area contributed by atoms with E-state index in [0.29, 0.717) is 6.04 Å². The third kappa shape index (κ3) is 5.80. The van der Waals surface area contributed by atoms with Crippen molar-refractivity contribution >= 4 is 37.1 Å². The minimum absolute atomic E-state index is 0.324. The Labute approximate surface area is 200 Å². The molecule has 0 amide bonds. The number of hydrogen-bond acceptors (Lipinski definition) is 1. The molecule has 3 heteroatoms. The molecule has 2 atom stereocenters. The second kappa shape index (κ2) is 11.2. The summed E-state index contributed by atoms with van der Waals surface area (Å²) in [6.45, 7) is 1.13. The maximum absolute atomic E-state index is 3.91. The Morgan fingerprint density at radius 3 is 1.27 bits per heavy atom. The van der Waals surface area contributed by atoms with Crippen LogP contribution in [0.25, 0.3) is 0 Å². The summed E-state index contributed by atoms with van der Waals surface area (Å²) in [7, 11) is -0.670. The zero-order chi connectivity index (χ0) is 22.3. The number of nitrogens with one attached hydrogen (secondary N) is 1. The summed E-state index contributed by atoms with van der Waals surface area (Å²) in [4.78, 5) is 0. The van der Waals surface area contributed by atoms with Gasteiger partial charge in [-0.05, 0) is 68.3 Å². The van der Waals surface area contributed by atoms with Gasteiger partial charge in [0.05, 0.1) is 0 Å². The Hall–Kier alpha value is -2.30. The van der Waals surface area contributed by atoms with Crippen molar-refractivity contribution in [3.63, 3.8) is 0 Å². The van der Waals surface area contributed by atoms with Crippen LogP contribution in [0.3, 0.4) is 0 Å². The molecule has 1 aliphatic rings. The lowest BCUT2D eigenvalue weighted by molar-refractivity contribution is 0.632. The average Bonchev–Trinajstić information content (AvgIpc) is 3.35. The van der Waals surface area contributed by atoms with E-state index >= 15 is 0 Å². The van der Waals surface area contributed by atoms with E-state index in [1.807, 2.05) is 0 Å². The highest BCUT2D eigenvalue weighted by Crippen LogP contribution is 2.40. The van der Waals surface area contributed by atoms with E-state index < -0.39 is 0 Å². The van der Waals surface area contributed by atoms with Gasteiger partial charge in [0, 0.05) is 6.04 Å². The summed E-state index contributed by atoms with van der Waals surface area (Å²) in [6.07, 6.45) is 3.76. The lowest BCUT2D eigenvalue weighted by atomic mass is 10.1. The van der Waals surface area contributed by atoms with Crippen LogP contribution >= 0.6 is 15.8 Å². The van der Waals surface area contributed by atoms with E-state index in [1.54, 1.807) is 0 Å². The largest absolute Gasteiger partial charge is 0.313 e. The molecule has 0 saturated carbocycles. The van der Waals surface area contributed by atoms with Gasteiger partial charge >= 0.3 is 0 Å². The van der Waals surface area contributed by atoms with Crippen molar-refractivity contribution in [2.24, 2.45) is 5.92 Å². The molecule has 1 nitrogen and oxygen atoms in total. The zero-order valence-electron chi connectivity index (χ0n) is 18.9. The topological polar surface area (TPSA) is 12.0 Å². The van der Waals surface area contributed by atoms with Crippen molar-refractivity contribution in [2.45, 2.75) is 12.5 Å². The molecule has 33 heavy (non-hydrogen) atoms. The summed E-state index contributed by atoms with van der Waals surface area (Å²) < 4.78 is 0. The maximum Gasteiger partial charge on any atom is 0.0116 e. The van der Waals surface area contributed by atoms with Crippen LogP contribution < -0.4 is 26.5 Å².